The topological polar surface area (TPSA) is 44.8 Å². The molecule has 1 unspecified atom stereocenters. The van der Waals surface area contributed by atoms with Crippen LogP contribution in [-0.2, 0) is 0 Å². The zero-order valence-corrected chi connectivity index (χ0v) is 16.2. The molecular formula is C22H29N3O2. The Bertz CT molecular complexity index is 727. The normalized spacial score (nSPS) is 16.1. The van der Waals surface area contributed by atoms with Crippen LogP contribution < -0.4 is 10.1 Å². The summed E-state index contributed by atoms with van der Waals surface area (Å²) in [5, 5.41) is 3.19. The van der Waals surface area contributed by atoms with Gasteiger partial charge in [-0.2, -0.15) is 0 Å². The van der Waals surface area contributed by atoms with E-state index in [1.165, 1.54) is 0 Å². The lowest BCUT2D eigenvalue weighted by molar-refractivity contribution is 0.0663. The highest BCUT2D eigenvalue weighted by molar-refractivity contribution is 5.94. The smallest absolute Gasteiger partial charge is 0.254 e. The molecule has 1 heterocycles. The third kappa shape index (κ3) is 5.31. The summed E-state index contributed by atoms with van der Waals surface area (Å²) in [5.41, 5.74) is 1.83. The molecule has 0 radical (unpaired) electrons. The Morgan fingerprint density at radius 2 is 1.81 bits per heavy atom. The van der Waals surface area contributed by atoms with Crippen molar-refractivity contribution in [2.45, 2.75) is 12.5 Å². The van der Waals surface area contributed by atoms with Gasteiger partial charge in [-0.25, -0.2) is 0 Å². The van der Waals surface area contributed by atoms with Gasteiger partial charge in [0.25, 0.3) is 5.91 Å². The predicted octanol–water partition coefficient (Wildman–Crippen LogP) is 2.80. The second-order valence-corrected chi connectivity index (χ2v) is 7.03. The van der Waals surface area contributed by atoms with Crippen molar-refractivity contribution < 1.29 is 9.53 Å². The van der Waals surface area contributed by atoms with Crippen molar-refractivity contribution in [1.29, 1.82) is 0 Å². The molecule has 1 aliphatic heterocycles. The van der Waals surface area contributed by atoms with E-state index in [9.17, 15) is 4.79 Å². The lowest BCUT2D eigenvalue weighted by atomic mass is 10.1. The number of likely N-dealkylation sites (N-methyl/N-ethyl adjacent to an activating group) is 1. The summed E-state index contributed by atoms with van der Waals surface area (Å²) in [6.45, 7) is 4.24. The second kappa shape index (κ2) is 9.53. The van der Waals surface area contributed by atoms with Crippen LogP contribution in [0.3, 0.4) is 0 Å². The molecular weight excluding hydrogens is 338 g/mol. The fourth-order valence-electron chi connectivity index (χ4n) is 3.30. The van der Waals surface area contributed by atoms with E-state index < -0.39 is 0 Å². The van der Waals surface area contributed by atoms with Crippen molar-refractivity contribution in [3.8, 4) is 5.75 Å². The van der Waals surface area contributed by atoms with Crippen molar-refractivity contribution in [3.05, 3.63) is 65.7 Å². The third-order valence-electron chi connectivity index (χ3n) is 4.98. The minimum Gasteiger partial charge on any atom is -0.486 e. The standard InChI is InChI=1S/C22H29N3O2/c1-23-12-11-21(18-7-4-3-5-8-18)27-20-10-6-9-19(17-20)22(26)25-15-13-24(2)14-16-25/h3-10,17,21,23H,11-16H2,1-2H3. The molecule has 3 rings (SSSR count). The Morgan fingerprint density at radius 3 is 2.52 bits per heavy atom. The van der Waals surface area contributed by atoms with Gasteiger partial charge in [0.1, 0.15) is 11.9 Å². The summed E-state index contributed by atoms with van der Waals surface area (Å²) in [5.74, 6) is 0.819. The zero-order valence-electron chi connectivity index (χ0n) is 16.2. The van der Waals surface area contributed by atoms with Crippen LogP contribution in [0.4, 0.5) is 0 Å². The third-order valence-corrected chi connectivity index (χ3v) is 4.98. The van der Waals surface area contributed by atoms with Gasteiger partial charge in [-0.1, -0.05) is 36.4 Å². The van der Waals surface area contributed by atoms with Crippen LogP contribution in [0.2, 0.25) is 0 Å². The summed E-state index contributed by atoms with van der Waals surface area (Å²) < 4.78 is 6.28. The van der Waals surface area contributed by atoms with Crippen molar-refractivity contribution in [2.75, 3.05) is 46.8 Å². The summed E-state index contributed by atoms with van der Waals surface area (Å²) in [7, 11) is 4.03. The lowest BCUT2D eigenvalue weighted by Crippen LogP contribution is -2.47. The summed E-state index contributed by atoms with van der Waals surface area (Å²) in [6, 6.07) is 17.8. The molecule has 2 aromatic carbocycles. The van der Waals surface area contributed by atoms with Gasteiger partial charge >= 0.3 is 0 Å². The minimum absolute atomic E-state index is 0.0485. The van der Waals surface area contributed by atoms with E-state index in [2.05, 4.69) is 29.4 Å². The van der Waals surface area contributed by atoms with Crippen LogP contribution >= 0.6 is 0 Å². The molecule has 5 nitrogen and oxygen atoms in total. The number of nitrogens with zero attached hydrogens (tertiary/aromatic N) is 2. The molecule has 5 heteroatoms. The first-order valence-corrected chi connectivity index (χ1v) is 9.61. The number of rotatable bonds is 7. The van der Waals surface area contributed by atoms with Gasteiger partial charge in [0.2, 0.25) is 0 Å². The molecule has 1 atom stereocenters. The maximum atomic E-state index is 12.8. The number of hydrogen-bond acceptors (Lipinski definition) is 4. The van der Waals surface area contributed by atoms with Crippen LogP contribution in [0.15, 0.2) is 54.6 Å². The highest BCUT2D eigenvalue weighted by Crippen LogP contribution is 2.25. The Labute approximate surface area is 161 Å². The molecule has 1 amide bonds. The van der Waals surface area contributed by atoms with Crippen molar-refractivity contribution in [3.63, 3.8) is 0 Å². The predicted molar refractivity (Wildman–Crippen MR) is 108 cm³/mol. The molecule has 0 bridgehead atoms. The molecule has 27 heavy (non-hydrogen) atoms. The Balaban J connectivity index is 1.72. The number of carbonyl (C=O) groups excluding carboxylic acids is 1. The quantitative estimate of drug-likeness (QED) is 0.817. The summed E-state index contributed by atoms with van der Waals surface area (Å²) in [6.07, 6.45) is 0.810. The number of hydrogen-bond donors (Lipinski definition) is 1. The molecule has 1 saturated heterocycles. The van der Waals surface area contributed by atoms with E-state index in [4.69, 9.17) is 4.74 Å². The van der Waals surface area contributed by atoms with Crippen LogP contribution in [0.1, 0.15) is 28.4 Å². The van der Waals surface area contributed by atoms with E-state index in [1.54, 1.807) is 0 Å². The minimum atomic E-state index is -0.0485. The van der Waals surface area contributed by atoms with E-state index in [1.807, 2.05) is 54.4 Å². The first kappa shape index (κ1) is 19.4. The average Bonchev–Trinajstić information content (AvgIpc) is 2.72. The molecule has 2 aromatic rings. The molecule has 1 fully saturated rings. The highest BCUT2D eigenvalue weighted by atomic mass is 16.5. The number of amides is 1. The van der Waals surface area contributed by atoms with Crippen LogP contribution in [0, 0.1) is 0 Å². The number of piperazine rings is 1. The fourth-order valence-corrected chi connectivity index (χ4v) is 3.30. The molecule has 0 aromatic heterocycles. The van der Waals surface area contributed by atoms with E-state index >= 15 is 0 Å². The largest absolute Gasteiger partial charge is 0.486 e. The van der Waals surface area contributed by atoms with E-state index in [-0.39, 0.29) is 12.0 Å². The van der Waals surface area contributed by atoms with Gasteiger partial charge < -0.3 is 19.9 Å². The Morgan fingerprint density at radius 1 is 1.07 bits per heavy atom. The van der Waals surface area contributed by atoms with Gasteiger partial charge in [-0.05, 0) is 44.4 Å². The zero-order chi connectivity index (χ0) is 19.1. The van der Waals surface area contributed by atoms with Gasteiger partial charge in [0, 0.05) is 38.2 Å². The lowest BCUT2D eigenvalue weighted by Gasteiger charge is -2.32. The summed E-state index contributed by atoms with van der Waals surface area (Å²) >= 11 is 0. The van der Waals surface area contributed by atoms with Gasteiger partial charge in [0.05, 0.1) is 0 Å². The fraction of sp³-hybridized carbons (Fsp3) is 0.409. The molecule has 0 saturated carbocycles. The van der Waals surface area contributed by atoms with Gasteiger partial charge in [-0.3, -0.25) is 4.79 Å². The van der Waals surface area contributed by atoms with Crippen molar-refractivity contribution in [2.24, 2.45) is 0 Å². The van der Waals surface area contributed by atoms with Crippen LogP contribution in [0.25, 0.3) is 0 Å². The number of ether oxygens (including phenoxy) is 1. The van der Waals surface area contributed by atoms with Crippen LogP contribution in [0.5, 0.6) is 5.75 Å². The molecule has 1 aliphatic rings. The molecule has 1 N–H and O–H groups in total. The Hall–Kier alpha value is -2.37. The Kier molecular flexibility index (Phi) is 6.85. The maximum absolute atomic E-state index is 12.8. The second-order valence-electron chi connectivity index (χ2n) is 7.03. The molecule has 144 valence electrons. The summed E-state index contributed by atoms with van der Waals surface area (Å²) in [4.78, 5) is 17.0. The van der Waals surface area contributed by atoms with Crippen LogP contribution in [-0.4, -0.2) is 62.5 Å². The van der Waals surface area contributed by atoms with Crippen molar-refractivity contribution in [1.82, 2.24) is 15.1 Å². The maximum Gasteiger partial charge on any atom is 0.254 e. The van der Waals surface area contributed by atoms with E-state index in [0.29, 0.717) is 5.56 Å². The van der Waals surface area contributed by atoms with Crippen molar-refractivity contribution >= 4 is 5.91 Å². The number of carbonyl (C=O) groups is 1. The van der Waals surface area contributed by atoms with E-state index in [0.717, 1.165) is 50.5 Å². The SMILES string of the molecule is CNCCC(Oc1cccc(C(=O)N2CCN(C)CC2)c1)c1ccccc1. The van der Waals surface area contributed by atoms with Gasteiger partial charge in [0.15, 0.2) is 0 Å². The number of nitrogens with one attached hydrogen (secondary N) is 1. The molecule has 0 aliphatic carbocycles. The monoisotopic (exact) mass is 367 g/mol. The number of benzene rings is 2. The highest BCUT2D eigenvalue weighted by Gasteiger charge is 2.21. The van der Waals surface area contributed by atoms with Gasteiger partial charge in [-0.15, -0.1) is 0 Å². The first-order valence-electron chi connectivity index (χ1n) is 9.61. The molecule has 0 spiro atoms. The first-order chi connectivity index (χ1) is 13.2. The average molecular weight is 367 g/mol.